The molecule has 9 nitrogen and oxygen atoms in total. The van der Waals surface area contributed by atoms with Gasteiger partial charge in [0.15, 0.2) is 0 Å². The number of ether oxygens (including phenoxy) is 2. The van der Waals surface area contributed by atoms with E-state index >= 15 is 0 Å². The van der Waals surface area contributed by atoms with Crippen LogP contribution in [0.5, 0.6) is 5.75 Å². The number of nitrogens with two attached hydrogens (primary N) is 2. The van der Waals surface area contributed by atoms with Crippen LogP contribution in [0.4, 0.5) is 4.79 Å². The smallest absolute Gasteiger partial charge is 0.436 e. The van der Waals surface area contributed by atoms with Crippen molar-refractivity contribution in [2.75, 3.05) is 20.2 Å². The molecule has 30 heavy (non-hydrogen) atoms. The van der Waals surface area contributed by atoms with Crippen molar-refractivity contribution in [2.24, 2.45) is 16.5 Å². The number of unbranched alkanes of at least 4 members (excludes halogenated alkanes) is 3. The minimum atomic E-state index is -0.788. The summed E-state index contributed by atoms with van der Waals surface area (Å²) >= 11 is 0. The largest absolute Gasteiger partial charge is 0.448 e. The second-order valence-electron chi connectivity index (χ2n) is 7.04. The zero-order chi connectivity index (χ0) is 22.5. The Morgan fingerprint density at radius 3 is 2.40 bits per heavy atom. The molecule has 1 rings (SSSR count). The highest BCUT2D eigenvalue weighted by molar-refractivity contribution is 5.91. The minimum Gasteiger partial charge on any atom is -0.448 e. The van der Waals surface area contributed by atoms with Crippen molar-refractivity contribution in [2.45, 2.75) is 52.0 Å². The fraction of sp³-hybridized carbons (Fsp3) is 0.524. The molecule has 166 valence electrons. The molecule has 1 aromatic rings. The topological polar surface area (TPSA) is 137 Å². The van der Waals surface area contributed by atoms with Crippen LogP contribution in [-0.2, 0) is 20.7 Å². The highest BCUT2D eigenvalue weighted by Gasteiger charge is 2.13. The number of carbonyl (C=O) groups is 3. The van der Waals surface area contributed by atoms with Crippen LogP contribution >= 0.6 is 0 Å². The molecular weight excluding hydrogens is 388 g/mol. The third-order valence-electron chi connectivity index (χ3n) is 4.32. The minimum absolute atomic E-state index is 0.0897. The van der Waals surface area contributed by atoms with Crippen LogP contribution in [0.3, 0.4) is 0 Å². The summed E-state index contributed by atoms with van der Waals surface area (Å²) in [6, 6.07) is 6.15. The molecule has 0 aliphatic heterocycles. The highest BCUT2D eigenvalue weighted by Crippen LogP contribution is 2.14. The van der Waals surface area contributed by atoms with Crippen LogP contribution in [0.15, 0.2) is 29.3 Å². The maximum absolute atomic E-state index is 12.1. The highest BCUT2D eigenvalue weighted by atomic mass is 16.5. The van der Waals surface area contributed by atoms with Gasteiger partial charge in [0.1, 0.15) is 18.1 Å². The van der Waals surface area contributed by atoms with Gasteiger partial charge in [-0.3, -0.25) is 4.79 Å². The molecule has 1 unspecified atom stereocenters. The maximum Gasteiger partial charge on any atom is 0.436 e. The van der Waals surface area contributed by atoms with Gasteiger partial charge in [-0.1, -0.05) is 38.3 Å². The summed E-state index contributed by atoms with van der Waals surface area (Å²) < 4.78 is 10.2. The Kier molecular flexibility index (Phi) is 11.1. The summed E-state index contributed by atoms with van der Waals surface area (Å²) in [6.07, 6.45) is 3.56. The first kappa shape index (κ1) is 25.1. The SMILES string of the molecule is CCCCCCOC(=O)N=C(N)N(C)CC(=O)Oc1ccc(CC(N)C(C)=O)cc1. The summed E-state index contributed by atoms with van der Waals surface area (Å²) in [5.41, 5.74) is 12.3. The number of rotatable bonds is 11. The number of hydrogen-bond acceptors (Lipinski definition) is 6. The lowest BCUT2D eigenvalue weighted by molar-refractivity contribution is -0.134. The number of esters is 1. The van der Waals surface area contributed by atoms with Crippen LogP contribution in [0.25, 0.3) is 0 Å². The van der Waals surface area contributed by atoms with E-state index in [0.29, 0.717) is 12.2 Å². The summed E-state index contributed by atoms with van der Waals surface area (Å²) in [5, 5.41) is 0. The van der Waals surface area contributed by atoms with Gasteiger partial charge in [0.2, 0.25) is 5.96 Å². The lowest BCUT2D eigenvalue weighted by atomic mass is 10.0. The van der Waals surface area contributed by atoms with Crippen LogP contribution < -0.4 is 16.2 Å². The molecule has 0 bridgehead atoms. The molecule has 0 aromatic heterocycles. The fourth-order valence-corrected chi connectivity index (χ4v) is 2.43. The zero-order valence-corrected chi connectivity index (χ0v) is 17.9. The summed E-state index contributed by atoms with van der Waals surface area (Å²) in [6.45, 7) is 3.63. The third-order valence-corrected chi connectivity index (χ3v) is 4.32. The number of aliphatic imine (C=N–C) groups is 1. The van der Waals surface area contributed by atoms with E-state index < -0.39 is 18.1 Å². The van der Waals surface area contributed by atoms with Gasteiger partial charge in [0, 0.05) is 7.05 Å². The molecule has 9 heteroatoms. The quantitative estimate of drug-likeness (QED) is 0.182. The molecule has 0 aliphatic rings. The standard InChI is InChI=1S/C21H32N4O5/c1-4-5-6-7-12-29-21(28)24-20(23)25(3)14-19(27)30-17-10-8-16(9-11-17)13-18(22)15(2)26/h8-11,18H,4-7,12-14,22H2,1-3H3,(H2,23,24,28). The number of hydrogen-bond donors (Lipinski definition) is 2. The Bertz CT molecular complexity index is 733. The number of likely N-dealkylation sites (N-methyl/N-ethyl adjacent to an activating group) is 1. The van der Waals surface area contributed by atoms with Gasteiger partial charge in [-0.05, 0) is 37.5 Å². The number of carbonyl (C=O) groups excluding carboxylic acids is 3. The summed E-state index contributed by atoms with van der Waals surface area (Å²) in [5.74, 6) is -0.459. The first-order chi connectivity index (χ1) is 14.2. The molecular formula is C21H32N4O5. The second-order valence-corrected chi connectivity index (χ2v) is 7.04. The average molecular weight is 421 g/mol. The predicted octanol–water partition coefficient (Wildman–Crippen LogP) is 2.01. The van der Waals surface area contributed by atoms with Gasteiger partial charge in [-0.2, -0.15) is 0 Å². The van der Waals surface area contributed by atoms with Crippen molar-refractivity contribution >= 4 is 23.8 Å². The van der Waals surface area contributed by atoms with Gasteiger partial charge < -0.3 is 25.8 Å². The van der Waals surface area contributed by atoms with E-state index in [1.54, 1.807) is 24.3 Å². The first-order valence-electron chi connectivity index (χ1n) is 10.0. The van der Waals surface area contributed by atoms with Gasteiger partial charge >= 0.3 is 12.1 Å². The molecule has 4 N–H and O–H groups in total. The molecule has 0 saturated heterocycles. The maximum atomic E-state index is 12.1. The zero-order valence-electron chi connectivity index (χ0n) is 17.9. The Balaban J connectivity index is 2.45. The Morgan fingerprint density at radius 1 is 1.13 bits per heavy atom. The molecule has 0 saturated carbocycles. The van der Waals surface area contributed by atoms with Gasteiger partial charge in [-0.15, -0.1) is 4.99 Å². The van der Waals surface area contributed by atoms with E-state index in [1.807, 2.05) is 0 Å². The molecule has 0 heterocycles. The normalized spacial score (nSPS) is 12.2. The Hall–Kier alpha value is -2.94. The number of nitrogens with zero attached hydrogens (tertiary/aromatic N) is 2. The van der Waals surface area contributed by atoms with E-state index in [9.17, 15) is 14.4 Å². The average Bonchev–Trinajstić information content (AvgIpc) is 2.69. The van der Waals surface area contributed by atoms with Crippen LogP contribution in [0, 0.1) is 0 Å². The van der Waals surface area contributed by atoms with Crippen LogP contribution in [0.1, 0.15) is 45.1 Å². The number of benzene rings is 1. The van der Waals surface area contributed by atoms with E-state index in [4.69, 9.17) is 20.9 Å². The van der Waals surface area contributed by atoms with Gasteiger partial charge in [-0.25, -0.2) is 9.59 Å². The van der Waals surface area contributed by atoms with Crippen molar-refractivity contribution in [3.05, 3.63) is 29.8 Å². The molecule has 1 amide bonds. The number of ketones is 1. The summed E-state index contributed by atoms with van der Waals surface area (Å²) in [7, 11) is 1.51. The molecule has 0 radical (unpaired) electrons. The van der Waals surface area contributed by atoms with Crippen molar-refractivity contribution < 1.29 is 23.9 Å². The Labute approximate surface area is 177 Å². The van der Waals surface area contributed by atoms with E-state index in [0.717, 1.165) is 31.2 Å². The van der Waals surface area contributed by atoms with E-state index in [2.05, 4.69) is 11.9 Å². The second kappa shape index (κ2) is 13.3. The fourth-order valence-electron chi connectivity index (χ4n) is 2.43. The molecule has 0 fully saturated rings. The van der Waals surface area contributed by atoms with Crippen molar-refractivity contribution in [1.29, 1.82) is 0 Å². The van der Waals surface area contributed by atoms with Crippen molar-refractivity contribution in [1.82, 2.24) is 4.90 Å². The molecule has 0 spiro atoms. The molecule has 1 atom stereocenters. The van der Waals surface area contributed by atoms with Crippen LogP contribution in [0.2, 0.25) is 0 Å². The van der Waals surface area contributed by atoms with E-state index in [1.165, 1.54) is 18.9 Å². The lowest BCUT2D eigenvalue weighted by Crippen LogP contribution is -2.39. The molecule has 0 aliphatic carbocycles. The first-order valence-corrected chi connectivity index (χ1v) is 10.0. The number of Topliss-reactive ketones (excluding diaryl/α,β-unsaturated/α-hetero) is 1. The third kappa shape index (κ3) is 10.0. The summed E-state index contributed by atoms with van der Waals surface area (Å²) in [4.78, 5) is 39.9. The van der Waals surface area contributed by atoms with Gasteiger partial charge in [0.05, 0.1) is 12.6 Å². The lowest BCUT2D eigenvalue weighted by Gasteiger charge is -2.16. The molecule has 1 aromatic carbocycles. The van der Waals surface area contributed by atoms with E-state index in [-0.39, 0.29) is 24.9 Å². The monoisotopic (exact) mass is 420 g/mol. The number of guanidine groups is 1. The Morgan fingerprint density at radius 2 is 1.80 bits per heavy atom. The predicted molar refractivity (Wildman–Crippen MR) is 114 cm³/mol. The van der Waals surface area contributed by atoms with Crippen LogP contribution in [-0.4, -0.2) is 54.9 Å². The van der Waals surface area contributed by atoms with Crippen molar-refractivity contribution in [3.63, 3.8) is 0 Å². The van der Waals surface area contributed by atoms with Gasteiger partial charge in [0.25, 0.3) is 0 Å². The number of amides is 1. The van der Waals surface area contributed by atoms with Crippen molar-refractivity contribution in [3.8, 4) is 5.75 Å².